The molecule has 0 spiro atoms. The first-order valence-electron chi connectivity index (χ1n) is 5.68. The van der Waals surface area contributed by atoms with Crippen molar-refractivity contribution >= 4 is 11.4 Å². The minimum atomic E-state index is -0.255. The number of benzene rings is 1. The van der Waals surface area contributed by atoms with Crippen molar-refractivity contribution in [3.05, 3.63) is 24.3 Å². The highest BCUT2D eigenvalue weighted by molar-refractivity contribution is 5.51. The summed E-state index contributed by atoms with van der Waals surface area (Å²) >= 11 is 0. The standard InChI is InChI=1S/C12H18FN3/c13-6-8-16-7-5-12(9-16)15-11-3-1-10(14)2-4-11/h1-4,12,15H,5-9,14H2. The van der Waals surface area contributed by atoms with Gasteiger partial charge in [-0.1, -0.05) is 0 Å². The molecule has 0 saturated carbocycles. The van der Waals surface area contributed by atoms with Gasteiger partial charge in [0, 0.05) is 37.1 Å². The fourth-order valence-corrected chi connectivity index (χ4v) is 2.09. The van der Waals surface area contributed by atoms with Crippen molar-refractivity contribution in [3.63, 3.8) is 0 Å². The lowest BCUT2D eigenvalue weighted by atomic mass is 10.2. The lowest BCUT2D eigenvalue weighted by molar-refractivity contribution is 0.296. The number of nitrogens with zero attached hydrogens (tertiary/aromatic N) is 1. The Bertz CT molecular complexity index is 326. The lowest BCUT2D eigenvalue weighted by Crippen LogP contribution is -2.27. The topological polar surface area (TPSA) is 41.3 Å². The second-order valence-electron chi connectivity index (χ2n) is 4.24. The summed E-state index contributed by atoms with van der Waals surface area (Å²) < 4.78 is 12.2. The van der Waals surface area contributed by atoms with Crippen molar-refractivity contribution in [2.75, 3.05) is 37.4 Å². The third-order valence-electron chi connectivity index (χ3n) is 2.95. The van der Waals surface area contributed by atoms with Crippen LogP contribution in [0.15, 0.2) is 24.3 Å². The molecule has 4 heteroatoms. The SMILES string of the molecule is Nc1ccc(NC2CCN(CCF)C2)cc1. The average molecular weight is 223 g/mol. The number of anilines is 2. The Morgan fingerprint density at radius 3 is 2.81 bits per heavy atom. The van der Waals surface area contributed by atoms with Gasteiger partial charge in [0.15, 0.2) is 0 Å². The van der Waals surface area contributed by atoms with Gasteiger partial charge >= 0.3 is 0 Å². The number of halogens is 1. The van der Waals surface area contributed by atoms with Crippen LogP contribution in [0.5, 0.6) is 0 Å². The van der Waals surface area contributed by atoms with E-state index in [-0.39, 0.29) is 6.67 Å². The van der Waals surface area contributed by atoms with Crippen molar-refractivity contribution < 1.29 is 4.39 Å². The predicted octanol–water partition coefficient (Wildman–Crippen LogP) is 1.72. The normalized spacial score (nSPS) is 21.2. The maximum atomic E-state index is 12.2. The van der Waals surface area contributed by atoms with Crippen molar-refractivity contribution in [3.8, 4) is 0 Å². The molecule has 1 atom stereocenters. The molecule has 0 aliphatic carbocycles. The Balaban J connectivity index is 1.84. The predicted molar refractivity (Wildman–Crippen MR) is 65.3 cm³/mol. The lowest BCUT2D eigenvalue weighted by Gasteiger charge is -2.16. The van der Waals surface area contributed by atoms with Crippen LogP contribution < -0.4 is 11.1 Å². The molecule has 1 aliphatic heterocycles. The van der Waals surface area contributed by atoms with Crippen LogP contribution in [0.2, 0.25) is 0 Å². The molecule has 0 amide bonds. The van der Waals surface area contributed by atoms with Crippen LogP contribution in [-0.4, -0.2) is 37.3 Å². The number of nitrogens with two attached hydrogens (primary N) is 1. The number of nitrogen functional groups attached to an aromatic ring is 1. The van der Waals surface area contributed by atoms with Crippen LogP contribution in [0.4, 0.5) is 15.8 Å². The average Bonchev–Trinajstić information content (AvgIpc) is 2.70. The highest BCUT2D eigenvalue weighted by atomic mass is 19.1. The first-order chi connectivity index (χ1) is 7.78. The molecule has 1 fully saturated rings. The van der Waals surface area contributed by atoms with Crippen LogP contribution in [0.3, 0.4) is 0 Å². The van der Waals surface area contributed by atoms with Crippen LogP contribution in [0.1, 0.15) is 6.42 Å². The van der Waals surface area contributed by atoms with Crippen LogP contribution >= 0.6 is 0 Å². The van der Waals surface area contributed by atoms with Gasteiger partial charge < -0.3 is 11.1 Å². The molecule has 1 aromatic rings. The fraction of sp³-hybridized carbons (Fsp3) is 0.500. The third-order valence-corrected chi connectivity index (χ3v) is 2.95. The molecule has 88 valence electrons. The zero-order valence-corrected chi connectivity index (χ0v) is 9.32. The molecule has 1 aliphatic rings. The summed E-state index contributed by atoms with van der Waals surface area (Å²) in [5, 5.41) is 3.44. The van der Waals surface area contributed by atoms with E-state index >= 15 is 0 Å². The largest absolute Gasteiger partial charge is 0.399 e. The Morgan fingerprint density at radius 2 is 2.12 bits per heavy atom. The van der Waals surface area contributed by atoms with Crippen LogP contribution in [0.25, 0.3) is 0 Å². The fourth-order valence-electron chi connectivity index (χ4n) is 2.09. The van der Waals surface area contributed by atoms with E-state index in [1.165, 1.54) is 0 Å². The Morgan fingerprint density at radius 1 is 1.38 bits per heavy atom. The monoisotopic (exact) mass is 223 g/mol. The third kappa shape index (κ3) is 2.85. The Kier molecular flexibility index (Phi) is 3.62. The number of hydrogen-bond acceptors (Lipinski definition) is 3. The van der Waals surface area contributed by atoms with Crippen LogP contribution in [-0.2, 0) is 0 Å². The maximum Gasteiger partial charge on any atom is 0.102 e. The van der Waals surface area contributed by atoms with Crippen molar-refractivity contribution in [2.24, 2.45) is 0 Å². The van der Waals surface area contributed by atoms with Gasteiger partial charge in [0.05, 0.1) is 0 Å². The Hall–Kier alpha value is -1.29. The summed E-state index contributed by atoms with van der Waals surface area (Å²) in [6.45, 7) is 2.21. The van der Waals surface area contributed by atoms with E-state index in [1.54, 1.807) is 0 Å². The molecule has 16 heavy (non-hydrogen) atoms. The Labute approximate surface area is 95.4 Å². The minimum absolute atomic E-state index is 0.255. The van der Waals surface area contributed by atoms with Gasteiger partial charge in [-0.05, 0) is 30.7 Å². The first kappa shape index (κ1) is 11.2. The minimum Gasteiger partial charge on any atom is -0.399 e. The zero-order chi connectivity index (χ0) is 11.4. The van der Waals surface area contributed by atoms with Crippen LogP contribution in [0, 0.1) is 0 Å². The summed E-state index contributed by atoms with van der Waals surface area (Å²) in [6.07, 6.45) is 1.07. The summed E-state index contributed by atoms with van der Waals surface area (Å²) in [7, 11) is 0. The van der Waals surface area contributed by atoms with E-state index in [0.29, 0.717) is 12.6 Å². The number of hydrogen-bond donors (Lipinski definition) is 2. The molecule has 1 aromatic carbocycles. The number of alkyl halides is 1. The molecule has 2 rings (SSSR count). The van der Waals surface area contributed by atoms with Gasteiger partial charge in [-0.25, -0.2) is 4.39 Å². The molecule has 1 saturated heterocycles. The van der Waals surface area contributed by atoms with E-state index in [1.807, 2.05) is 24.3 Å². The van der Waals surface area contributed by atoms with Crippen molar-refractivity contribution in [2.45, 2.75) is 12.5 Å². The van der Waals surface area contributed by atoms with Gasteiger partial charge in [-0.2, -0.15) is 0 Å². The van der Waals surface area contributed by atoms with Gasteiger partial charge in [0.25, 0.3) is 0 Å². The van der Waals surface area contributed by atoms with Gasteiger partial charge in [-0.3, -0.25) is 4.90 Å². The number of likely N-dealkylation sites (tertiary alicyclic amines) is 1. The molecule has 1 unspecified atom stereocenters. The van der Waals surface area contributed by atoms with E-state index in [4.69, 9.17) is 5.73 Å². The van der Waals surface area contributed by atoms with Gasteiger partial charge in [0.1, 0.15) is 6.67 Å². The molecule has 0 aromatic heterocycles. The highest BCUT2D eigenvalue weighted by Gasteiger charge is 2.21. The van der Waals surface area contributed by atoms with Gasteiger partial charge in [-0.15, -0.1) is 0 Å². The molecule has 0 radical (unpaired) electrons. The molecule has 3 N–H and O–H groups in total. The maximum absolute atomic E-state index is 12.2. The smallest absolute Gasteiger partial charge is 0.102 e. The summed E-state index contributed by atoms with van der Waals surface area (Å²) in [6, 6.07) is 8.16. The number of rotatable bonds is 4. The number of nitrogens with one attached hydrogen (secondary N) is 1. The molecular weight excluding hydrogens is 205 g/mol. The van der Waals surface area contributed by atoms with E-state index in [9.17, 15) is 4.39 Å². The second kappa shape index (κ2) is 5.16. The molecular formula is C12H18FN3. The molecule has 3 nitrogen and oxygen atoms in total. The summed E-state index contributed by atoms with van der Waals surface area (Å²) in [4.78, 5) is 2.15. The molecule has 1 heterocycles. The zero-order valence-electron chi connectivity index (χ0n) is 9.32. The second-order valence-corrected chi connectivity index (χ2v) is 4.24. The highest BCUT2D eigenvalue weighted by Crippen LogP contribution is 2.16. The van der Waals surface area contributed by atoms with Gasteiger partial charge in [0.2, 0.25) is 0 Å². The first-order valence-corrected chi connectivity index (χ1v) is 5.68. The van der Waals surface area contributed by atoms with E-state index in [0.717, 1.165) is 30.9 Å². The molecule has 0 bridgehead atoms. The summed E-state index contributed by atoms with van der Waals surface area (Å²) in [5.74, 6) is 0. The quantitative estimate of drug-likeness (QED) is 0.764. The van der Waals surface area contributed by atoms with E-state index < -0.39 is 0 Å². The van der Waals surface area contributed by atoms with Crippen molar-refractivity contribution in [1.82, 2.24) is 4.90 Å². The summed E-state index contributed by atoms with van der Waals surface area (Å²) in [5.41, 5.74) is 7.48. The van der Waals surface area contributed by atoms with Crippen molar-refractivity contribution in [1.29, 1.82) is 0 Å². The van der Waals surface area contributed by atoms with E-state index in [2.05, 4.69) is 10.2 Å².